The van der Waals surface area contributed by atoms with E-state index in [0.717, 1.165) is 38.1 Å². The summed E-state index contributed by atoms with van der Waals surface area (Å²) in [6, 6.07) is 4.25. The molecule has 6 heteroatoms. The van der Waals surface area contributed by atoms with Gasteiger partial charge in [0.15, 0.2) is 5.96 Å². The van der Waals surface area contributed by atoms with E-state index in [2.05, 4.69) is 66.0 Å². The predicted molar refractivity (Wildman–Crippen MR) is 113 cm³/mol. The van der Waals surface area contributed by atoms with Gasteiger partial charge in [0.25, 0.3) is 0 Å². The lowest BCUT2D eigenvalue weighted by atomic mass is 9.99. The topological polar surface area (TPSA) is 35.8 Å². The maximum Gasteiger partial charge on any atom is 0.194 e. The number of nitrogens with one attached hydrogen (secondary N) is 1. The van der Waals surface area contributed by atoms with E-state index in [1.807, 2.05) is 0 Å². The molecule has 24 heavy (non-hydrogen) atoms. The first kappa shape index (κ1) is 21.3. The largest absolute Gasteiger partial charge is 0.357 e. The van der Waals surface area contributed by atoms with E-state index in [0.29, 0.717) is 0 Å². The molecule has 0 aromatic carbocycles. The Bertz CT molecular complexity index is 491. The van der Waals surface area contributed by atoms with Gasteiger partial charge in [0, 0.05) is 39.1 Å². The molecule has 1 aromatic heterocycles. The molecule has 138 valence electrons. The summed E-state index contributed by atoms with van der Waals surface area (Å²) in [5.41, 5.74) is 1.29. The summed E-state index contributed by atoms with van der Waals surface area (Å²) in [4.78, 5) is 9.57. The van der Waals surface area contributed by atoms with Crippen LogP contribution >= 0.6 is 24.0 Å². The second kappa shape index (κ2) is 11.0. The quantitative estimate of drug-likeness (QED) is 0.414. The van der Waals surface area contributed by atoms with Gasteiger partial charge in [-0.3, -0.25) is 4.99 Å². The number of halogens is 1. The Morgan fingerprint density at radius 2 is 2.08 bits per heavy atom. The summed E-state index contributed by atoms with van der Waals surface area (Å²) >= 11 is 0. The molecule has 2 heterocycles. The second-order valence-electron chi connectivity index (χ2n) is 6.73. The molecule has 0 spiro atoms. The second-order valence-corrected chi connectivity index (χ2v) is 6.73. The molecule has 5 nitrogen and oxygen atoms in total. The first-order valence-electron chi connectivity index (χ1n) is 8.92. The van der Waals surface area contributed by atoms with Crippen LogP contribution < -0.4 is 5.32 Å². The molecule has 2 rings (SSSR count). The van der Waals surface area contributed by atoms with Crippen molar-refractivity contribution in [2.75, 3.05) is 39.8 Å². The number of hydrogen-bond acceptors (Lipinski definition) is 2. The van der Waals surface area contributed by atoms with Crippen LogP contribution in [0, 0.1) is 5.92 Å². The van der Waals surface area contributed by atoms with Crippen LogP contribution in [0.4, 0.5) is 0 Å². The van der Waals surface area contributed by atoms with Gasteiger partial charge in [-0.1, -0.05) is 6.92 Å². The molecule has 1 saturated heterocycles. The van der Waals surface area contributed by atoms with Crippen LogP contribution in [-0.2, 0) is 13.6 Å². The number of aliphatic imine (C=N–C) groups is 1. The minimum atomic E-state index is 0. The van der Waals surface area contributed by atoms with Crippen LogP contribution in [0.2, 0.25) is 0 Å². The summed E-state index contributed by atoms with van der Waals surface area (Å²) in [5, 5.41) is 3.41. The van der Waals surface area contributed by atoms with Crippen molar-refractivity contribution in [2.24, 2.45) is 18.0 Å². The molecule has 0 unspecified atom stereocenters. The lowest BCUT2D eigenvalue weighted by Crippen LogP contribution is -2.40. The SMILES string of the molecule is CCNC(=NCCN1CCC(C)CC1)N(C)Cc1cccn1C.I. The highest BCUT2D eigenvalue weighted by molar-refractivity contribution is 14.0. The molecular formula is C18H34IN5. The number of aryl methyl sites for hydroxylation is 1. The highest BCUT2D eigenvalue weighted by atomic mass is 127. The maximum absolute atomic E-state index is 4.82. The van der Waals surface area contributed by atoms with Crippen LogP contribution in [-0.4, -0.2) is 60.1 Å². The van der Waals surface area contributed by atoms with Crippen molar-refractivity contribution in [2.45, 2.75) is 33.2 Å². The van der Waals surface area contributed by atoms with E-state index < -0.39 is 0 Å². The van der Waals surface area contributed by atoms with Gasteiger partial charge in [-0.2, -0.15) is 0 Å². The minimum Gasteiger partial charge on any atom is -0.357 e. The summed E-state index contributed by atoms with van der Waals surface area (Å²) in [6.07, 6.45) is 4.75. The molecule has 0 aliphatic carbocycles. The molecule has 1 aliphatic heterocycles. The summed E-state index contributed by atoms with van der Waals surface area (Å²) in [5.74, 6) is 1.89. The zero-order valence-electron chi connectivity index (χ0n) is 15.7. The van der Waals surface area contributed by atoms with Gasteiger partial charge in [0.2, 0.25) is 0 Å². The first-order chi connectivity index (χ1) is 11.1. The highest BCUT2D eigenvalue weighted by Crippen LogP contribution is 2.15. The van der Waals surface area contributed by atoms with E-state index in [1.165, 1.54) is 31.6 Å². The average molecular weight is 447 g/mol. The third-order valence-corrected chi connectivity index (χ3v) is 4.70. The first-order valence-corrected chi connectivity index (χ1v) is 8.92. The normalized spacial score (nSPS) is 16.8. The Morgan fingerprint density at radius 1 is 1.38 bits per heavy atom. The molecule has 1 aromatic rings. The molecular weight excluding hydrogens is 413 g/mol. The Hall–Kier alpha value is -0.760. The summed E-state index contributed by atoms with van der Waals surface area (Å²) in [7, 11) is 4.20. The van der Waals surface area contributed by atoms with E-state index in [4.69, 9.17) is 4.99 Å². The molecule has 0 bridgehead atoms. The fourth-order valence-electron chi connectivity index (χ4n) is 3.03. The van der Waals surface area contributed by atoms with Gasteiger partial charge in [-0.05, 0) is 50.9 Å². The third-order valence-electron chi connectivity index (χ3n) is 4.70. The fourth-order valence-corrected chi connectivity index (χ4v) is 3.03. The van der Waals surface area contributed by atoms with Gasteiger partial charge in [0.1, 0.15) is 0 Å². The minimum absolute atomic E-state index is 0. The number of rotatable bonds is 6. The van der Waals surface area contributed by atoms with E-state index in [9.17, 15) is 0 Å². The van der Waals surface area contributed by atoms with Crippen LogP contribution in [0.3, 0.4) is 0 Å². The van der Waals surface area contributed by atoms with Gasteiger partial charge in [-0.15, -0.1) is 24.0 Å². The van der Waals surface area contributed by atoms with Crippen molar-refractivity contribution < 1.29 is 0 Å². The fraction of sp³-hybridized carbons (Fsp3) is 0.722. The number of guanidine groups is 1. The highest BCUT2D eigenvalue weighted by Gasteiger charge is 2.15. The Morgan fingerprint density at radius 3 is 2.67 bits per heavy atom. The van der Waals surface area contributed by atoms with Crippen molar-refractivity contribution in [3.05, 3.63) is 24.0 Å². The Balaban J connectivity index is 0.00000288. The standard InChI is InChI=1S/C18H33N5.HI/c1-5-19-18(22(4)15-17-7-6-11-21(17)3)20-10-14-23-12-8-16(2)9-13-23;/h6-7,11,16H,5,8-10,12-15H2,1-4H3,(H,19,20);1H. The van der Waals surface area contributed by atoms with Gasteiger partial charge in [0.05, 0.1) is 13.1 Å². The zero-order chi connectivity index (χ0) is 16.7. The maximum atomic E-state index is 4.82. The molecule has 0 saturated carbocycles. The zero-order valence-corrected chi connectivity index (χ0v) is 18.0. The van der Waals surface area contributed by atoms with E-state index >= 15 is 0 Å². The van der Waals surface area contributed by atoms with Crippen molar-refractivity contribution in [1.29, 1.82) is 0 Å². The lowest BCUT2D eigenvalue weighted by molar-refractivity contribution is 0.197. The molecule has 1 fully saturated rings. The monoisotopic (exact) mass is 447 g/mol. The van der Waals surface area contributed by atoms with Crippen molar-refractivity contribution in [1.82, 2.24) is 19.7 Å². The number of hydrogen-bond donors (Lipinski definition) is 1. The average Bonchev–Trinajstić information content (AvgIpc) is 2.93. The molecule has 0 atom stereocenters. The summed E-state index contributed by atoms with van der Waals surface area (Å²) < 4.78 is 2.16. The van der Waals surface area contributed by atoms with Crippen LogP contribution in [0.25, 0.3) is 0 Å². The van der Waals surface area contributed by atoms with Crippen LogP contribution in [0.15, 0.2) is 23.3 Å². The van der Waals surface area contributed by atoms with E-state index in [-0.39, 0.29) is 24.0 Å². The number of likely N-dealkylation sites (tertiary alicyclic amines) is 1. The number of aromatic nitrogens is 1. The van der Waals surface area contributed by atoms with E-state index in [1.54, 1.807) is 0 Å². The van der Waals surface area contributed by atoms with Gasteiger partial charge < -0.3 is 19.7 Å². The van der Waals surface area contributed by atoms with Crippen LogP contribution in [0.1, 0.15) is 32.4 Å². The van der Waals surface area contributed by atoms with Crippen molar-refractivity contribution >= 4 is 29.9 Å². The number of piperidine rings is 1. The van der Waals surface area contributed by atoms with Crippen molar-refractivity contribution in [3.63, 3.8) is 0 Å². The van der Waals surface area contributed by atoms with Crippen molar-refractivity contribution in [3.8, 4) is 0 Å². The molecule has 0 radical (unpaired) electrons. The summed E-state index contributed by atoms with van der Waals surface area (Å²) in [6.45, 7) is 10.6. The number of nitrogens with zero attached hydrogens (tertiary/aromatic N) is 4. The Kier molecular flexibility index (Phi) is 9.73. The molecule has 0 amide bonds. The molecule has 1 aliphatic rings. The van der Waals surface area contributed by atoms with Crippen LogP contribution in [0.5, 0.6) is 0 Å². The third kappa shape index (κ3) is 6.63. The lowest BCUT2D eigenvalue weighted by Gasteiger charge is -2.29. The van der Waals surface area contributed by atoms with Gasteiger partial charge >= 0.3 is 0 Å². The molecule has 1 N–H and O–H groups in total. The predicted octanol–water partition coefficient (Wildman–Crippen LogP) is 2.77. The van der Waals surface area contributed by atoms with Gasteiger partial charge in [-0.25, -0.2) is 0 Å². The Labute approximate surface area is 164 Å². The smallest absolute Gasteiger partial charge is 0.194 e.